The van der Waals surface area contributed by atoms with Crippen LogP contribution in [0.4, 0.5) is 5.69 Å². The molecule has 5 nitrogen and oxygen atoms in total. The van der Waals surface area contributed by atoms with Crippen LogP contribution >= 0.6 is 23.8 Å². The van der Waals surface area contributed by atoms with E-state index in [1.165, 1.54) is 10.5 Å². The molecule has 1 N–H and O–H groups in total. The Bertz CT molecular complexity index is 1470. The molecule has 1 fully saturated rings. The molecule has 2 heterocycles. The highest BCUT2D eigenvalue weighted by Gasteiger charge is 2.32. The first-order chi connectivity index (χ1) is 17.5. The first-order valence-corrected chi connectivity index (χ1v) is 12.7. The average Bonchev–Trinajstić information content (AvgIpc) is 3.37. The van der Waals surface area contributed by atoms with Crippen LogP contribution in [0.25, 0.3) is 17.0 Å². The van der Waals surface area contributed by atoms with Crippen molar-refractivity contribution in [2.24, 2.45) is 0 Å². The number of carbonyl (C=O) groups is 1. The number of rotatable bonds is 7. The summed E-state index contributed by atoms with van der Waals surface area (Å²) >= 11 is 11.6. The number of anilines is 1. The maximum Gasteiger partial charge on any atom is 0.281 e. The van der Waals surface area contributed by atoms with Crippen LogP contribution in [0.2, 0.25) is 5.02 Å². The summed E-state index contributed by atoms with van der Waals surface area (Å²) in [7, 11) is 0. The van der Waals surface area contributed by atoms with Crippen molar-refractivity contribution in [1.29, 1.82) is 0 Å². The lowest BCUT2D eigenvalue weighted by Gasteiger charge is -2.14. The predicted octanol–water partition coefficient (Wildman–Crippen LogP) is 6.57. The first-order valence-electron chi connectivity index (χ1n) is 11.9. The van der Waals surface area contributed by atoms with Gasteiger partial charge in [0.1, 0.15) is 11.4 Å². The summed E-state index contributed by atoms with van der Waals surface area (Å²) in [5, 5.41) is 5.28. The fourth-order valence-electron chi connectivity index (χ4n) is 4.56. The Morgan fingerprint density at radius 3 is 2.47 bits per heavy atom. The van der Waals surface area contributed by atoms with Crippen LogP contribution in [-0.2, 0) is 17.8 Å². The Morgan fingerprint density at radius 2 is 1.78 bits per heavy atom. The van der Waals surface area contributed by atoms with Gasteiger partial charge in [0.05, 0.1) is 17.8 Å². The van der Waals surface area contributed by atoms with Gasteiger partial charge in [0.15, 0.2) is 5.11 Å². The Hall–Kier alpha value is -3.61. The lowest BCUT2D eigenvalue weighted by atomic mass is 10.1. The average molecular weight is 516 g/mol. The number of para-hydroxylation sites is 1. The highest BCUT2D eigenvalue weighted by Crippen LogP contribution is 2.30. The molecule has 0 spiro atoms. The third kappa shape index (κ3) is 4.62. The zero-order valence-corrected chi connectivity index (χ0v) is 21.7. The third-order valence-corrected chi connectivity index (χ3v) is 6.78. The molecule has 0 aliphatic carbocycles. The number of thiocarbonyl (C=S) groups is 1. The van der Waals surface area contributed by atoms with E-state index in [4.69, 9.17) is 28.6 Å². The van der Waals surface area contributed by atoms with E-state index in [1.54, 1.807) is 0 Å². The SMILES string of the molecule is CCOc1ccc(N2C(=O)/C(=C/c3cn(Cc4ccc(Cl)cc4)c4c(CC)cccc34)NC2=S)cc1. The van der Waals surface area contributed by atoms with E-state index in [9.17, 15) is 4.79 Å². The van der Waals surface area contributed by atoms with Gasteiger partial charge in [-0.15, -0.1) is 0 Å². The van der Waals surface area contributed by atoms with Crippen LogP contribution in [0.3, 0.4) is 0 Å². The van der Waals surface area contributed by atoms with Crippen LogP contribution in [0.1, 0.15) is 30.5 Å². The van der Waals surface area contributed by atoms with Crippen molar-refractivity contribution in [2.45, 2.75) is 26.8 Å². The van der Waals surface area contributed by atoms with Crippen LogP contribution in [0, 0.1) is 0 Å². The summed E-state index contributed by atoms with van der Waals surface area (Å²) in [5.41, 5.74) is 5.67. The molecule has 0 bridgehead atoms. The molecule has 0 unspecified atom stereocenters. The summed E-state index contributed by atoms with van der Waals surface area (Å²) in [6, 6.07) is 21.6. The summed E-state index contributed by atoms with van der Waals surface area (Å²) in [6.07, 6.45) is 4.90. The minimum Gasteiger partial charge on any atom is -0.494 e. The number of carbonyl (C=O) groups excluding carboxylic acids is 1. The van der Waals surface area contributed by atoms with E-state index in [1.807, 2.05) is 61.5 Å². The van der Waals surface area contributed by atoms with E-state index in [0.717, 1.165) is 39.2 Å². The summed E-state index contributed by atoms with van der Waals surface area (Å²) in [6.45, 7) is 5.37. The summed E-state index contributed by atoms with van der Waals surface area (Å²) < 4.78 is 7.76. The van der Waals surface area contributed by atoms with Gasteiger partial charge in [-0.3, -0.25) is 9.69 Å². The molecule has 182 valence electrons. The number of amides is 1. The minimum absolute atomic E-state index is 0.186. The van der Waals surface area contributed by atoms with E-state index < -0.39 is 0 Å². The van der Waals surface area contributed by atoms with Gasteiger partial charge >= 0.3 is 0 Å². The molecular formula is C29H26ClN3O2S. The lowest BCUT2D eigenvalue weighted by molar-refractivity contribution is -0.113. The Morgan fingerprint density at radius 1 is 1.03 bits per heavy atom. The maximum absolute atomic E-state index is 13.4. The van der Waals surface area contributed by atoms with Gasteiger partial charge in [0.25, 0.3) is 5.91 Å². The van der Waals surface area contributed by atoms with Gasteiger partial charge in [0, 0.05) is 28.7 Å². The van der Waals surface area contributed by atoms with Crippen LogP contribution in [0.15, 0.2) is 78.6 Å². The molecule has 5 rings (SSSR count). The molecule has 0 radical (unpaired) electrons. The van der Waals surface area contributed by atoms with Crippen molar-refractivity contribution in [2.75, 3.05) is 11.5 Å². The minimum atomic E-state index is -0.186. The molecule has 1 amide bonds. The summed E-state index contributed by atoms with van der Waals surface area (Å²) in [5.74, 6) is 0.567. The Balaban J connectivity index is 1.51. The van der Waals surface area contributed by atoms with Crippen molar-refractivity contribution in [3.8, 4) is 5.75 Å². The van der Waals surface area contributed by atoms with Gasteiger partial charge in [-0.2, -0.15) is 0 Å². The Labute approximate surface area is 220 Å². The van der Waals surface area contributed by atoms with Crippen molar-refractivity contribution in [1.82, 2.24) is 9.88 Å². The second-order valence-corrected chi connectivity index (χ2v) is 9.38. The quantitative estimate of drug-likeness (QED) is 0.223. The number of nitrogens with one attached hydrogen (secondary N) is 1. The van der Waals surface area contributed by atoms with Gasteiger partial charge in [-0.05, 0) is 79.2 Å². The monoisotopic (exact) mass is 515 g/mol. The van der Waals surface area contributed by atoms with Gasteiger partial charge < -0.3 is 14.6 Å². The van der Waals surface area contributed by atoms with Crippen LogP contribution in [0.5, 0.6) is 5.75 Å². The fraction of sp³-hybridized carbons (Fsp3) is 0.172. The molecule has 7 heteroatoms. The summed E-state index contributed by atoms with van der Waals surface area (Å²) in [4.78, 5) is 14.9. The number of hydrogen-bond acceptors (Lipinski definition) is 3. The largest absolute Gasteiger partial charge is 0.494 e. The molecule has 1 aromatic heterocycles. The van der Waals surface area contributed by atoms with Gasteiger partial charge in [-0.1, -0.05) is 48.9 Å². The second kappa shape index (κ2) is 10.2. The molecule has 36 heavy (non-hydrogen) atoms. The smallest absolute Gasteiger partial charge is 0.281 e. The molecule has 3 aromatic carbocycles. The number of nitrogens with zero attached hydrogens (tertiary/aromatic N) is 2. The molecule has 0 atom stereocenters. The lowest BCUT2D eigenvalue weighted by Crippen LogP contribution is -2.30. The van der Waals surface area contributed by atoms with Crippen molar-refractivity contribution < 1.29 is 9.53 Å². The van der Waals surface area contributed by atoms with E-state index in [-0.39, 0.29) is 5.91 Å². The first kappa shape index (κ1) is 24.1. The fourth-order valence-corrected chi connectivity index (χ4v) is 4.98. The highest BCUT2D eigenvalue weighted by molar-refractivity contribution is 7.80. The van der Waals surface area contributed by atoms with E-state index in [0.29, 0.717) is 29.6 Å². The van der Waals surface area contributed by atoms with Crippen LogP contribution in [-0.4, -0.2) is 22.2 Å². The molecule has 1 aliphatic rings. The van der Waals surface area contributed by atoms with Gasteiger partial charge in [0.2, 0.25) is 0 Å². The molecular weight excluding hydrogens is 490 g/mol. The van der Waals surface area contributed by atoms with E-state index in [2.05, 4.69) is 41.2 Å². The predicted molar refractivity (Wildman–Crippen MR) is 151 cm³/mol. The number of ether oxygens (including phenoxy) is 1. The maximum atomic E-state index is 13.4. The molecule has 0 saturated carbocycles. The highest BCUT2D eigenvalue weighted by atomic mass is 35.5. The second-order valence-electron chi connectivity index (χ2n) is 8.56. The number of aryl methyl sites for hydroxylation is 1. The van der Waals surface area contributed by atoms with Crippen molar-refractivity contribution in [3.05, 3.63) is 100 Å². The zero-order chi connectivity index (χ0) is 25.2. The zero-order valence-electron chi connectivity index (χ0n) is 20.1. The van der Waals surface area contributed by atoms with Gasteiger partial charge in [-0.25, -0.2) is 0 Å². The number of benzene rings is 3. The Kier molecular flexibility index (Phi) is 6.81. The number of fused-ring (bicyclic) bond motifs is 1. The van der Waals surface area contributed by atoms with E-state index >= 15 is 0 Å². The van der Waals surface area contributed by atoms with Crippen LogP contribution < -0.4 is 15.0 Å². The molecule has 1 saturated heterocycles. The number of halogens is 1. The third-order valence-electron chi connectivity index (χ3n) is 6.24. The molecule has 1 aliphatic heterocycles. The molecule has 4 aromatic rings. The number of hydrogen-bond donors (Lipinski definition) is 1. The normalized spacial score (nSPS) is 14.6. The van der Waals surface area contributed by atoms with Crippen molar-refractivity contribution in [3.63, 3.8) is 0 Å². The van der Waals surface area contributed by atoms with Crippen molar-refractivity contribution >= 4 is 57.5 Å². The topological polar surface area (TPSA) is 46.5 Å². The number of aromatic nitrogens is 1. The standard InChI is InChI=1S/C29H26ClN3O2S/c1-3-20-6-5-7-25-21(18-32(27(20)25)17-19-8-10-22(30)11-9-19)16-26-28(34)33(29(36)31-26)23-12-14-24(15-13-23)35-4-2/h5-16,18H,3-4,17H2,1-2H3,(H,31,36)/b26-16-.